The van der Waals surface area contributed by atoms with Gasteiger partial charge in [0.1, 0.15) is 11.3 Å². The molecule has 0 radical (unpaired) electrons. The summed E-state index contributed by atoms with van der Waals surface area (Å²) in [5.74, 6) is 0.960. The molecule has 4 aromatic rings. The molecule has 0 aliphatic rings. The number of ether oxygens (including phenoxy) is 1. The molecular weight excluding hydrogens is 352 g/mol. The third-order valence-corrected chi connectivity index (χ3v) is 4.56. The lowest BCUT2D eigenvalue weighted by Gasteiger charge is -2.07. The van der Waals surface area contributed by atoms with Crippen molar-refractivity contribution in [3.63, 3.8) is 0 Å². The van der Waals surface area contributed by atoms with Crippen molar-refractivity contribution >= 4 is 22.7 Å². The number of amides is 1. The highest BCUT2D eigenvalue weighted by Crippen LogP contribution is 2.27. The molecule has 0 saturated carbocycles. The van der Waals surface area contributed by atoms with E-state index in [0.717, 1.165) is 23.1 Å². The van der Waals surface area contributed by atoms with Crippen molar-refractivity contribution in [3.05, 3.63) is 77.9 Å². The number of aromatic nitrogens is 1. The molecule has 1 aromatic heterocycles. The van der Waals surface area contributed by atoms with Gasteiger partial charge < -0.3 is 14.5 Å². The number of aryl methyl sites for hydroxylation is 1. The Kier molecular flexibility index (Phi) is 4.81. The number of hydrogen-bond acceptors (Lipinski definition) is 4. The first-order valence-electron chi connectivity index (χ1n) is 9.11. The van der Waals surface area contributed by atoms with E-state index in [1.807, 2.05) is 42.5 Å². The molecule has 0 spiro atoms. The second-order valence-corrected chi connectivity index (χ2v) is 6.44. The van der Waals surface area contributed by atoms with Gasteiger partial charge in [0, 0.05) is 16.8 Å². The Hall–Kier alpha value is -3.60. The van der Waals surface area contributed by atoms with E-state index in [-0.39, 0.29) is 5.91 Å². The summed E-state index contributed by atoms with van der Waals surface area (Å²) in [5.41, 5.74) is 4.79. The van der Waals surface area contributed by atoms with Crippen molar-refractivity contribution in [2.45, 2.75) is 13.3 Å². The van der Waals surface area contributed by atoms with Gasteiger partial charge in [0.2, 0.25) is 5.89 Å². The van der Waals surface area contributed by atoms with Crippen LogP contribution in [-0.4, -0.2) is 18.0 Å². The molecule has 0 unspecified atom stereocenters. The molecule has 0 atom stereocenters. The maximum absolute atomic E-state index is 12.5. The standard InChI is InChI=1S/C23H20N2O3/c1-3-15-10-11-21-20(12-15)25-23(28-21)17-7-4-8-18(13-17)24-22(26)16-6-5-9-19(14-16)27-2/h4-14H,3H2,1-2H3,(H,24,26). The maximum Gasteiger partial charge on any atom is 0.255 e. The summed E-state index contributed by atoms with van der Waals surface area (Å²) >= 11 is 0. The van der Waals surface area contributed by atoms with Crippen molar-refractivity contribution < 1.29 is 13.9 Å². The number of fused-ring (bicyclic) bond motifs is 1. The molecule has 28 heavy (non-hydrogen) atoms. The van der Waals surface area contributed by atoms with Gasteiger partial charge in [-0.25, -0.2) is 4.98 Å². The number of nitrogens with zero attached hydrogens (tertiary/aromatic N) is 1. The number of oxazole rings is 1. The Labute approximate surface area is 163 Å². The van der Waals surface area contributed by atoms with E-state index in [2.05, 4.69) is 17.2 Å². The first-order valence-corrected chi connectivity index (χ1v) is 9.11. The molecule has 1 heterocycles. The molecule has 1 amide bonds. The molecule has 0 fully saturated rings. The summed E-state index contributed by atoms with van der Waals surface area (Å²) in [6.45, 7) is 2.11. The van der Waals surface area contributed by atoms with E-state index >= 15 is 0 Å². The fraction of sp³-hybridized carbons (Fsp3) is 0.130. The summed E-state index contributed by atoms with van der Waals surface area (Å²) < 4.78 is 11.1. The van der Waals surface area contributed by atoms with Crippen molar-refractivity contribution in [1.29, 1.82) is 0 Å². The molecular formula is C23H20N2O3. The lowest BCUT2D eigenvalue weighted by molar-refractivity contribution is 0.102. The van der Waals surface area contributed by atoms with Gasteiger partial charge in [-0.1, -0.05) is 25.1 Å². The Morgan fingerprint density at radius 3 is 2.75 bits per heavy atom. The number of nitrogens with one attached hydrogen (secondary N) is 1. The highest BCUT2D eigenvalue weighted by molar-refractivity contribution is 6.04. The second-order valence-electron chi connectivity index (χ2n) is 6.44. The van der Waals surface area contributed by atoms with Crippen LogP contribution in [0.15, 0.2) is 71.1 Å². The number of rotatable bonds is 5. The minimum Gasteiger partial charge on any atom is -0.497 e. The molecule has 4 rings (SSSR count). The number of carbonyl (C=O) groups is 1. The number of carbonyl (C=O) groups excluding carboxylic acids is 1. The lowest BCUT2D eigenvalue weighted by Crippen LogP contribution is -2.11. The van der Waals surface area contributed by atoms with Gasteiger partial charge in [-0.15, -0.1) is 0 Å². The molecule has 5 heteroatoms. The monoisotopic (exact) mass is 372 g/mol. The van der Waals surface area contributed by atoms with E-state index in [1.165, 1.54) is 5.56 Å². The van der Waals surface area contributed by atoms with Crippen LogP contribution in [0.5, 0.6) is 5.75 Å². The number of anilines is 1. The third-order valence-electron chi connectivity index (χ3n) is 4.56. The number of benzene rings is 3. The molecule has 0 bridgehead atoms. The summed E-state index contributed by atoms with van der Waals surface area (Å²) in [4.78, 5) is 17.1. The third kappa shape index (κ3) is 3.60. The first kappa shape index (κ1) is 17.8. The van der Waals surface area contributed by atoms with Gasteiger partial charge in [0.15, 0.2) is 5.58 Å². The predicted molar refractivity (Wildman–Crippen MR) is 110 cm³/mol. The zero-order valence-electron chi connectivity index (χ0n) is 15.7. The Balaban J connectivity index is 1.60. The zero-order valence-corrected chi connectivity index (χ0v) is 15.7. The van der Waals surface area contributed by atoms with Crippen molar-refractivity contribution in [2.75, 3.05) is 12.4 Å². The first-order chi connectivity index (χ1) is 13.7. The van der Waals surface area contributed by atoms with Crippen LogP contribution in [-0.2, 0) is 6.42 Å². The maximum atomic E-state index is 12.5. The fourth-order valence-corrected chi connectivity index (χ4v) is 3.01. The SMILES string of the molecule is CCc1ccc2oc(-c3cccc(NC(=O)c4cccc(OC)c4)c3)nc2c1. The Bertz CT molecular complexity index is 1150. The Morgan fingerprint density at radius 1 is 1.07 bits per heavy atom. The number of methoxy groups -OCH3 is 1. The normalized spacial score (nSPS) is 10.8. The van der Waals surface area contributed by atoms with E-state index in [4.69, 9.17) is 9.15 Å². The van der Waals surface area contributed by atoms with Gasteiger partial charge >= 0.3 is 0 Å². The molecule has 0 saturated heterocycles. The average molecular weight is 372 g/mol. The summed E-state index contributed by atoms with van der Waals surface area (Å²) in [5, 5.41) is 2.91. The van der Waals surface area contributed by atoms with Crippen LogP contribution in [0, 0.1) is 0 Å². The minimum atomic E-state index is -0.207. The largest absolute Gasteiger partial charge is 0.497 e. The molecule has 3 aromatic carbocycles. The quantitative estimate of drug-likeness (QED) is 0.515. The van der Waals surface area contributed by atoms with E-state index in [1.54, 1.807) is 31.4 Å². The highest BCUT2D eigenvalue weighted by Gasteiger charge is 2.11. The van der Waals surface area contributed by atoms with Crippen LogP contribution in [0.4, 0.5) is 5.69 Å². The van der Waals surface area contributed by atoms with E-state index < -0.39 is 0 Å². The van der Waals surface area contributed by atoms with Crippen LogP contribution >= 0.6 is 0 Å². The van der Waals surface area contributed by atoms with Gasteiger partial charge in [0.05, 0.1) is 7.11 Å². The Morgan fingerprint density at radius 2 is 1.93 bits per heavy atom. The van der Waals surface area contributed by atoms with Crippen molar-refractivity contribution in [2.24, 2.45) is 0 Å². The van der Waals surface area contributed by atoms with Crippen LogP contribution in [0.1, 0.15) is 22.8 Å². The van der Waals surface area contributed by atoms with Crippen LogP contribution in [0.3, 0.4) is 0 Å². The van der Waals surface area contributed by atoms with Gasteiger partial charge in [0.25, 0.3) is 5.91 Å². The van der Waals surface area contributed by atoms with Crippen molar-refractivity contribution in [1.82, 2.24) is 4.98 Å². The molecule has 0 aliphatic carbocycles. The molecule has 5 nitrogen and oxygen atoms in total. The highest BCUT2D eigenvalue weighted by atomic mass is 16.5. The minimum absolute atomic E-state index is 0.207. The van der Waals surface area contributed by atoms with Crippen LogP contribution < -0.4 is 10.1 Å². The molecule has 140 valence electrons. The van der Waals surface area contributed by atoms with Crippen molar-refractivity contribution in [3.8, 4) is 17.2 Å². The fourth-order valence-electron chi connectivity index (χ4n) is 3.01. The predicted octanol–water partition coefficient (Wildman–Crippen LogP) is 5.32. The lowest BCUT2D eigenvalue weighted by atomic mass is 10.1. The van der Waals surface area contributed by atoms with E-state index in [0.29, 0.717) is 22.9 Å². The molecule has 0 aliphatic heterocycles. The number of hydrogen-bond donors (Lipinski definition) is 1. The summed E-state index contributed by atoms with van der Waals surface area (Å²) in [7, 11) is 1.57. The zero-order chi connectivity index (χ0) is 19.5. The van der Waals surface area contributed by atoms with Gasteiger partial charge in [-0.05, 0) is 60.5 Å². The smallest absolute Gasteiger partial charge is 0.255 e. The van der Waals surface area contributed by atoms with Crippen LogP contribution in [0.25, 0.3) is 22.6 Å². The molecule has 1 N–H and O–H groups in total. The second kappa shape index (κ2) is 7.56. The summed E-state index contributed by atoms with van der Waals surface area (Å²) in [6.07, 6.45) is 0.948. The topological polar surface area (TPSA) is 64.4 Å². The van der Waals surface area contributed by atoms with Gasteiger partial charge in [-0.2, -0.15) is 0 Å². The summed E-state index contributed by atoms with van der Waals surface area (Å²) in [6, 6.07) is 20.5. The van der Waals surface area contributed by atoms with E-state index in [9.17, 15) is 4.79 Å². The van der Waals surface area contributed by atoms with Gasteiger partial charge in [-0.3, -0.25) is 4.79 Å². The average Bonchev–Trinajstić information content (AvgIpc) is 3.17. The van der Waals surface area contributed by atoms with Crippen LogP contribution in [0.2, 0.25) is 0 Å².